The van der Waals surface area contributed by atoms with Gasteiger partial charge in [0.05, 0.1) is 6.61 Å². The van der Waals surface area contributed by atoms with Crippen LogP contribution in [0.3, 0.4) is 0 Å². The quantitative estimate of drug-likeness (QED) is 0.635. The van der Waals surface area contributed by atoms with E-state index in [0.29, 0.717) is 19.6 Å². The van der Waals surface area contributed by atoms with Gasteiger partial charge in [-0.2, -0.15) is 0 Å². The molecule has 4 heteroatoms. The number of hydrogen-bond donors (Lipinski definition) is 1. The molecule has 0 aromatic rings. The molecule has 0 rings (SSSR count). The largest absolute Gasteiger partial charge is 0.479 e. The lowest BCUT2D eigenvalue weighted by Crippen LogP contribution is -2.39. The summed E-state index contributed by atoms with van der Waals surface area (Å²) < 4.78 is 10.1. The highest BCUT2D eigenvalue weighted by atomic mass is 16.5. The van der Waals surface area contributed by atoms with Gasteiger partial charge in [-0.1, -0.05) is 12.2 Å². The zero-order valence-electron chi connectivity index (χ0n) is 8.95. The molecule has 0 spiro atoms. The molecular formula is C10H18O4. The SMILES string of the molecule is CC=CCOC(C)(CCOC)C(=O)O. The van der Waals surface area contributed by atoms with Gasteiger partial charge < -0.3 is 14.6 Å². The van der Waals surface area contributed by atoms with E-state index in [1.807, 2.05) is 13.0 Å². The topological polar surface area (TPSA) is 55.8 Å². The summed E-state index contributed by atoms with van der Waals surface area (Å²) in [6, 6.07) is 0. The molecule has 0 amide bonds. The summed E-state index contributed by atoms with van der Waals surface area (Å²) in [6.45, 7) is 4.09. The fourth-order valence-corrected chi connectivity index (χ4v) is 0.866. The van der Waals surface area contributed by atoms with E-state index >= 15 is 0 Å². The summed E-state index contributed by atoms with van der Waals surface area (Å²) in [7, 11) is 1.54. The van der Waals surface area contributed by atoms with Gasteiger partial charge in [0.25, 0.3) is 0 Å². The van der Waals surface area contributed by atoms with Gasteiger partial charge in [0.15, 0.2) is 5.60 Å². The van der Waals surface area contributed by atoms with Gasteiger partial charge in [-0.25, -0.2) is 4.79 Å². The Bertz CT molecular complexity index is 200. The van der Waals surface area contributed by atoms with E-state index in [4.69, 9.17) is 14.6 Å². The molecule has 0 heterocycles. The molecule has 0 bridgehead atoms. The van der Waals surface area contributed by atoms with Crippen LogP contribution in [-0.4, -0.2) is 37.0 Å². The van der Waals surface area contributed by atoms with Crippen LogP contribution < -0.4 is 0 Å². The summed E-state index contributed by atoms with van der Waals surface area (Å²) >= 11 is 0. The van der Waals surface area contributed by atoms with Gasteiger partial charge in [-0.3, -0.25) is 0 Å². The Morgan fingerprint density at radius 3 is 2.64 bits per heavy atom. The van der Waals surface area contributed by atoms with Crippen LogP contribution in [0.1, 0.15) is 20.3 Å². The van der Waals surface area contributed by atoms with E-state index in [2.05, 4.69) is 0 Å². The molecule has 0 aromatic carbocycles. The number of ether oxygens (including phenoxy) is 2. The third-order valence-corrected chi connectivity index (χ3v) is 1.97. The first-order valence-electron chi connectivity index (χ1n) is 4.54. The number of carboxylic acids is 1. The second kappa shape index (κ2) is 6.56. The fourth-order valence-electron chi connectivity index (χ4n) is 0.866. The highest BCUT2D eigenvalue weighted by Gasteiger charge is 2.33. The molecule has 0 aliphatic carbocycles. The van der Waals surface area contributed by atoms with Crippen LogP contribution in [0, 0.1) is 0 Å². The number of aliphatic carboxylic acids is 1. The maximum atomic E-state index is 10.9. The summed E-state index contributed by atoms with van der Waals surface area (Å²) in [6.07, 6.45) is 3.93. The Balaban J connectivity index is 4.16. The van der Waals surface area contributed by atoms with Gasteiger partial charge in [-0.05, 0) is 13.8 Å². The van der Waals surface area contributed by atoms with Crippen LogP contribution in [0.5, 0.6) is 0 Å². The van der Waals surface area contributed by atoms with E-state index < -0.39 is 11.6 Å². The molecule has 0 aliphatic rings. The van der Waals surface area contributed by atoms with Crippen LogP contribution in [0.4, 0.5) is 0 Å². The second-order valence-electron chi connectivity index (χ2n) is 3.16. The van der Waals surface area contributed by atoms with Crippen molar-refractivity contribution in [2.45, 2.75) is 25.9 Å². The highest BCUT2D eigenvalue weighted by molar-refractivity contribution is 5.76. The minimum absolute atomic E-state index is 0.309. The molecule has 0 saturated heterocycles. The zero-order valence-corrected chi connectivity index (χ0v) is 8.95. The van der Waals surface area contributed by atoms with Crippen molar-refractivity contribution < 1.29 is 19.4 Å². The zero-order chi connectivity index (χ0) is 11.0. The second-order valence-corrected chi connectivity index (χ2v) is 3.16. The van der Waals surface area contributed by atoms with Crippen LogP contribution in [0.2, 0.25) is 0 Å². The molecule has 1 N–H and O–H groups in total. The molecular weight excluding hydrogens is 184 g/mol. The predicted octanol–water partition coefficient (Wildman–Crippen LogP) is 1.46. The van der Waals surface area contributed by atoms with Crippen molar-refractivity contribution in [3.63, 3.8) is 0 Å². The normalized spacial score (nSPS) is 15.6. The van der Waals surface area contributed by atoms with E-state index in [0.717, 1.165) is 0 Å². The molecule has 0 aromatic heterocycles. The Morgan fingerprint density at radius 2 is 2.21 bits per heavy atom. The number of carboxylic acid groups (broad SMARTS) is 1. The summed E-state index contributed by atoms with van der Waals surface area (Å²) in [5.74, 6) is -0.959. The molecule has 82 valence electrons. The predicted molar refractivity (Wildman–Crippen MR) is 53.3 cm³/mol. The number of rotatable bonds is 7. The fraction of sp³-hybridized carbons (Fsp3) is 0.700. The van der Waals surface area contributed by atoms with E-state index in [9.17, 15) is 4.79 Å². The average molecular weight is 202 g/mol. The standard InChI is InChI=1S/C10H18O4/c1-4-5-7-14-10(2,9(11)12)6-8-13-3/h4-5H,6-8H2,1-3H3,(H,11,12). The van der Waals surface area contributed by atoms with Crippen molar-refractivity contribution in [1.82, 2.24) is 0 Å². The van der Waals surface area contributed by atoms with Crippen LogP contribution >= 0.6 is 0 Å². The third-order valence-electron chi connectivity index (χ3n) is 1.97. The molecule has 0 fully saturated rings. The molecule has 0 saturated carbocycles. The van der Waals surface area contributed by atoms with Crippen LogP contribution in [0.15, 0.2) is 12.2 Å². The first kappa shape index (κ1) is 13.1. The van der Waals surface area contributed by atoms with E-state index in [1.165, 1.54) is 7.11 Å². The van der Waals surface area contributed by atoms with Crippen LogP contribution in [0.25, 0.3) is 0 Å². The number of allylic oxidation sites excluding steroid dienone is 1. The lowest BCUT2D eigenvalue weighted by molar-refractivity contribution is -0.164. The summed E-state index contributed by atoms with van der Waals surface area (Å²) in [5.41, 5.74) is -1.16. The van der Waals surface area contributed by atoms with Crippen molar-refractivity contribution >= 4 is 5.97 Å². The molecule has 1 unspecified atom stereocenters. The Kier molecular flexibility index (Phi) is 6.16. The smallest absolute Gasteiger partial charge is 0.335 e. The summed E-state index contributed by atoms with van der Waals surface area (Å²) in [4.78, 5) is 10.9. The van der Waals surface area contributed by atoms with Crippen molar-refractivity contribution in [3.05, 3.63) is 12.2 Å². The van der Waals surface area contributed by atoms with Crippen molar-refractivity contribution in [2.24, 2.45) is 0 Å². The minimum Gasteiger partial charge on any atom is -0.479 e. The molecule has 14 heavy (non-hydrogen) atoms. The van der Waals surface area contributed by atoms with Gasteiger partial charge in [-0.15, -0.1) is 0 Å². The van der Waals surface area contributed by atoms with E-state index in [1.54, 1.807) is 13.0 Å². The van der Waals surface area contributed by atoms with Gasteiger partial charge >= 0.3 is 5.97 Å². The monoisotopic (exact) mass is 202 g/mol. The maximum absolute atomic E-state index is 10.9. The molecule has 0 radical (unpaired) electrons. The van der Waals surface area contributed by atoms with Crippen molar-refractivity contribution in [1.29, 1.82) is 0 Å². The van der Waals surface area contributed by atoms with Gasteiger partial charge in [0.2, 0.25) is 0 Å². The Hall–Kier alpha value is -0.870. The van der Waals surface area contributed by atoms with Crippen molar-refractivity contribution in [3.8, 4) is 0 Å². The van der Waals surface area contributed by atoms with Crippen LogP contribution in [-0.2, 0) is 14.3 Å². The number of carbonyl (C=O) groups is 1. The van der Waals surface area contributed by atoms with Gasteiger partial charge in [0, 0.05) is 20.1 Å². The third kappa shape index (κ3) is 4.39. The minimum atomic E-state index is -1.16. The van der Waals surface area contributed by atoms with Gasteiger partial charge in [0.1, 0.15) is 0 Å². The molecule has 4 nitrogen and oxygen atoms in total. The van der Waals surface area contributed by atoms with E-state index in [-0.39, 0.29) is 0 Å². The number of methoxy groups -OCH3 is 1. The van der Waals surface area contributed by atoms with Crippen molar-refractivity contribution in [2.75, 3.05) is 20.3 Å². The highest BCUT2D eigenvalue weighted by Crippen LogP contribution is 2.15. The number of hydrogen-bond acceptors (Lipinski definition) is 3. The molecule has 0 aliphatic heterocycles. The average Bonchev–Trinajstić information content (AvgIpc) is 2.15. The first-order chi connectivity index (χ1) is 6.56. The Labute approximate surface area is 84.5 Å². The lowest BCUT2D eigenvalue weighted by Gasteiger charge is -2.24. The maximum Gasteiger partial charge on any atom is 0.335 e. The molecule has 1 atom stereocenters. The lowest BCUT2D eigenvalue weighted by atomic mass is 10.0. The Morgan fingerprint density at radius 1 is 1.57 bits per heavy atom. The first-order valence-corrected chi connectivity index (χ1v) is 4.54. The summed E-state index contributed by atoms with van der Waals surface area (Å²) in [5, 5.41) is 8.95.